The SMILES string of the molecule is O=C(O)[C@]12COCC[C@H]1CN(C/C=C/c1ccc(F)cc1)C2. The van der Waals surface area contributed by atoms with E-state index in [2.05, 4.69) is 4.90 Å². The van der Waals surface area contributed by atoms with Gasteiger partial charge in [0.05, 0.1) is 6.61 Å². The Bertz CT molecular complexity index is 572. The molecule has 1 N–H and O–H groups in total. The molecule has 2 atom stereocenters. The van der Waals surface area contributed by atoms with Gasteiger partial charge in [0.2, 0.25) is 0 Å². The summed E-state index contributed by atoms with van der Waals surface area (Å²) in [6.45, 7) is 2.98. The minimum Gasteiger partial charge on any atom is -0.481 e. The minimum atomic E-state index is -0.748. The van der Waals surface area contributed by atoms with Crippen LogP contribution in [0.5, 0.6) is 0 Å². The molecule has 118 valence electrons. The summed E-state index contributed by atoms with van der Waals surface area (Å²) in [6.07, 6.45) is 4.75. The zero-order valence-electron chi connectivity index (χ0n) is 12.4. The lowest BCUT2D eigenvalue weighted by Crippen LogP contribution is -2.46. The maximum atomic E-state index is 12.8. The summed E-state index contributed by atoms with van der Waals surface area (Å²) in [7, 11) is 0. The van der Waals surface area contributed by atoms with E-state index in [-0.39, 0.29) is 11.7 Å². The van der Waals surface area contributed by atoms with E-state index in [4.69, 9.17) is 4.74 Å². The van der Waals surface area contributed by atoms with Crippen LogP contribution in [0.25, 0.3) is 6.08 Å². The Morgan fingerprint density at radius 2 is 2.23 bits per heavy atom. The van der Waals surface area contributed by atoms with Crippen LogP contribution in [0.1, 0.15) is 12.0 Å². The van der Waals surface area contributed by atoms with Crippen molar-refractivity contribution in [1.29, 1.82) is 0 Å². The monoisotopic (exact) mass is 305 g/mol. The molecule has 3 rings (SSSR count). The first-order valence-corrected chi connectivity index (χ1v) is 7.56. The van der Waals surface area contributed by atoms with Gasteiger partial charge in [-0.05, 0) is 30.0 Å². The summed E-state index contributed by atoms with van der Waals surface area (Å²) in [5.41, 5.74) is 0.191. The van der Waals surface area contributed by atoms with Gasteiger partial charge in [0.1, 0.15) is 11.2 Å². The van der Waals surface area contributed by atoms with Crippen molar-refractivity contribution in [3.8, 4) is 0 Å². The number of aliphatic carboxylic acids is 1. The zero-order chi connectivity index (χ0) is 15.6. The first-order valence-electron chi connectivity index (χ1n) is 7.56. The van der Waals surface area contributed by atoms with Crippen molar-refractivity contribution in [2.24, 2.45) is 11.3 Å². The van der Waals surface area contributed by atoms with E-state index in [0.717, 1.165) is 18.5 Å². The fourth-order valence-corrected chi connectivity index (χ4v) is 3.44. The molecule has 0 bridgehead atoms. The molecule has 22 heavy (non-hydrogen) atoms. The number of carboxylic acid groups (broad SMARTS) is 1. The highest BCUT2D eigenvalue weighted by Crippen LogP contribution is 2.41. The first-order chi connectivity index (χ1) is 10.6. The average molecular weight is 305 g/mol. The molecule has 4 nitrogen and oxygen atoms in total. The van der Waals surface area contributed by atoms with Crippen molar-refractivity contribution in [1.82, 2.24) is 4.90 Å². The molecule has 2 heterocycles. The van der Waals surface area contributed by atoms with Crippen molar-refractivity contribution in [2.75, 3.05) is 32.8 Å². The highest BCUT2D eigenvalue weighted by atomic mass is 19.1. The maximum Gasteiger partial charge on any atom is 0.313 e. The molecule has 2 saturated heterocycles. The lowest BCUT2D eigenvalue weighted by Gasteiger charge is -2.34. The van der Waals surface area contributed by atoms with Gasteiger partial charge in [-0.3, -0.25) is 9.69 Å². The second-order valence-electron chi connectivity index (χ2n) is 6.15. The third-order valence-corrected chi connectivity index (χ3v) is 4.71. The first kappa shape index (κ1) is 15.2. The van der Waals surface area contributed by atoms with Gasteiger partial charge in [0.25, 0.3) is 0 Å². The Morgan fingerprint density at radius 3 is 2.91 bits per heavy atom. The van der Waals surface area contributed by atoms with Crippen molar-refractivity contribution in [2.45, 2.75) is 6.42 Å². The quantitative estimate of drug-likeness (QED) is 0.927. The Kier molecular flexibility index (Phi) is 4.27. The van der Waals surface area contributed by atoms with Crippen LogP contribution in [0.15, 0.2) is 30.3 Å². The number of ether oxygens (including phenoxy) is 1. The number of halogens is 1. The Labute approximate surface area is 129 Å². The lowest BCUT2D eigenvalue weighted by atomic mass is 9.76. The number of fused-ring (bicyclic) bond motifs is 1. The fourth-order valence-electron chi connectivity index (χ4n) is 3.44. The van der Waals surface area contributed by atoms with Crippen LogP contribution in [0, 0.1) is 17.2 Å². The van der Waals surface area contributed by atoms with Gasteiger partial charge < -0.3 is 9.84 Å². The van der Waals surface area contributed by atoms with E-state index >= 15 is 0 Å². The van der Waals surface area contributed by atoms with Crippen molar-refractivity contribution >= 4 is 12.0 Å². The molecule has 2 fully saturated rings. The van der Waals surface area contributed by atoms with Gasteiger partial charge in [-0.15, -0.1) is 0 Å². The molecular formula is C17H20FNO3. The average Bonchev–Trinajstić information content (AvgIpc) is 2.89. The smallest absolute Gasteiger partial charge is 0.313 e. The van der Waals surface area contributed by atoms with Gasteiger partial charge in [-0.2, -0.15) is 0 Å². The van der Waals surface area contributed by atoms with Crippen LogP contribution < -0.4 is 0 Å². The number of carbonyl (C=O) groups is 1. The van der Waals surface area contributed by atoms with Crippen molar-refractivity contribution in [3.05, 3.63) is 41.7 Å². The molecule has 0 unspecified atom stereocenters. The fraction of sp³-hybridized carbons (Fsp3) is 0.471. The van der Waals surface area contributed by atoms with Crippen LogP contribution in [0.3, 0.4) is 0 Å². The number of carboxylic acids is 1. The number of nitrogens with zero attached hydrogens (tertiary/aromatic N) is 1. The molecule has 0 saturated carbocycles. The number of rotatable bonds is 4. The summed E-state index contributed by atoms with van der Waals surface area (Å²) in [6, 6.07) is 6.31. The third kappa shape index (κ3) is 2.91. The van der Waals surface area contributed by atoms with E-state index in [1.54, 1.807) is 12.1 Å². The largest absolute Gasteiger partial charge is 0.481 e. The van der Waals surface area contributed by atoms with E-state index < -0.39 is 11.4 Å². The van der Waals surface area contributed by atoms with Crippen LogP contribution in [-0.4, -0.2) is 48.8 Å². The number of benzene rings is 1. The second-order valence-corrected chi connectivity index (χ2v) is 6.15. The van der Waals surface area contributed by atoms with Crippen LogP contribution in [0.4, 0.5) is 4.39 Å². The van der Waals surface area contributed by atoms with E-state index in [1.165, 1.54) is 12.1 Å². The molecule has 0 spiro atoms. The van der Waals surface area contributed by atoms with Gasteiger partial charge in [0.15, 0.2) is 0 Å². The highest BCUT2D eigenvalue weighted by Gasteiger charge is 2.53. The van der Waals surface area contributed by atoms with Gasteiger partial charge >= 0.3 is 5.97 Å². The molecule has 0 aromatic heterocycles. The zero-order valence-corrected chi connectivity index (χ0v) is 12.4. The molecule has 5 heteroatoms. The molecule has 0 aliphatic carbocycles. The van der Waals surface area contributed by atoms with E-state index in [1.807, 2.05) is 12.2 Å². The lowest BCUT2D eigenvalue weighted by molar-refractivity contribution is -0.159. The number of likely N-dealkylation sites (tertiary alicyclic amines) is 1. The van der Waals surface area contributed by atoms with Gasteiger partial charge in [0, 0.05) is 26.2 Å². The van der Waals surface area contributed by atoms with E-state index in [9.17, 15) is 14.3 Å². The van der Waals surface area contributed by atoms with Crippen LogP contribution in [-0.2, 0) is 9.53 Å². The highest BCUT2D eigenvalue weighted by molar-refractivity contribution is 5.76. The molecule has 0 amide bonds. The summed E-state index contributed by atoms with van der Waals surface area (Å²) in [5, 5.41) is 9.59. The summed E-state index contributed by atoms with van der Waals surface area (Å²) in [5.74, 6) is -0.829. The number of hydrogen-bond donors (Lipinski definition) is 1. The molecule has 1 aromatic rings. The van der Waals surface area contributed by atoms with Crippen LogP contribution in [0.2, 0.25) is 0 Å². The number of hydrogen-bond acceptors (Lipinski definition) is 3. The second kappa shape index (κ2) is 6.18. The van der Waals surface area contributed by atoms with Crippen LogP contribution >= 0.6 is 0 Å². The Morgan fingerprint density at radius 1 is 1.45 bits per heavy atom. The Balaban J connectivity index is 1.62. The predicted molar refractivity (Wildman–Crippen MR) is 80.9 cm³/mol. The van der Waals surface area contributed by atoms with Gasteiger partial charge in [-0.1, -0.05) is 24.3 Å². The van der Waals surface area contributed by atoms with Crippen molar-refractivity contribution < 1.29 is 19.0 Å². The van der Waals surface area contributed by atoms with E-state index in [0.29, 0.717) is 26.3 Å². The molecule has 2 aliphatic rings. The molecule has 2 aliphatic heterocycles. The molecular weight excluding hydrogens is 285 g/mol. The van der Waals surface area contributed by atoms with Crippen molar-refractivity contribution in [3.63, 3.8) is 0 Å². The topological polar surface area (TPSA) is 49.8 Å². The minimum absolute atomic E-state index is 0.165. The normalized spacial score (nSPS) is 28.9. The summed E-state index contributed by atoms with van der Waals surface area (Å²) in [4.78, 5) is 13.8. The summed E-state index contributed by atoms with van der Waals surface area (Å²) >= 11 is 0. The summed E-state index contributed by atoms with van der Waals surface area (Å²) < 4.78 is 18.3. The maximum absolute atomic E-state index is 12.8. The third-order valence-electron chi connectivity index (χ3n) is 4.71. The predicted octanol–water partition coefficient (Wildman–Crippen LogP) is 2.26. The molecule has 1 aromatic carbocycles. The Hall–Kier alpha value is -1.72. The standard InChI is InChI=1S/C17H20FNO3/c18-15-5-3-13(4-6-15)2-1-8-19-10-14-7-9-22-12-17(14,11-19)16(20)21/h1-6,14H,7-12H2,(H,20,21)/b2-1+/t14-,17+/m0/s1. The molecule has 0 radical (unpaired) electrons. The van der Waals surface area contributed by atoms with Gasteiger partial charge in [-0.25, -0.2) is 4.39 Å².